The molecule has 0 aliphatic heterocycles. The van der Waals surface area contributed by atoms with E-state index in [1.54, 1.807) is 12.1 Å². The zero-order valence-electron chi connectivity index (χ0n) is 13.5. The Morgan fingerprint density at radius 3 is 2.54 bits per heavy atom. The number of carboxylic acids is 1. The molecule has 24 heavy (non-hydrogen) atoms. The fourth-order valence-corrected chi connectivity index (χ4v) is 2.84. The summed E-state index contributed by atoms with van der Waals surface area (Å²) in [4.78, 5) is 34.9. The first-order valence-electron chi connectivity index (χ1n) is 7.96. The summed E-state index contributed by atoms with van der Waals surface area (Å²) in [6.45, 7) is 1.66. The number of aryl methyl sites for hydroxylation is 1. The van der Waals surface area contributed by atoms with E-state index in [-0.39, 0.29) is 6.61 Å². The number of rotatable bonds is 5. The van der Waals surface area contributed by atoms with Crippen molar-refractivity contribution >= 4 is 17.8 Å². The van der Waals surface area contributed by atoms with E-state index >= 15 is 0 Å². The van der Waals surface area contributed by atoms with Crippen LogP contribution in [-0.2, 0) is 14.4 Å². The van der Waals surface area contributed by atoms with Gasteiger partial charge in [0.05, 0.1) is 0 Å². The molecule has 1 aliphatic carbocycles. The highest BCUT2D eigenvalue weighted by molar-refractivity contribution is 5.87. The van der Waals surface area contributed by atoms with E-state index in [0.717, 1.165) is 18.4 Å². The quantitative estimate of drug-likeness (QED) is 0.742. The molecule has 0 radical (unpaired) electrons. The van der Waals surface area contributed by atoms with Crippen LogP contribution in [0.15, 0.2) is 24.3 Å². The molecule has 130 valence electrons. The second-order valence-corrected chi connectivity index (χ2v) is 5.96. The molecule has 0 bridgehead atoms. The Hall–Kier alpha value is -2.57. The number of aliphatic carboxylic acids is 1. The summed E-state index contributed by atoms with van der Waals surface area (Å²) >= 11 is 0. The highest BCUT2D eigenvalue weighted by Crippen LogP contribution is 2.29. The molecular formula is C17H21N2O5-. The minimum absolute atomic E-state index is 0.252. The number of nitrogens with one attached hydrogen (secondary N) is 2. The average molecular weight is 333 g/mol. The lowest BCUT2D eigenvalue weighted by atomic mass is 9.79. The van der Waals surface area contributed by atoms with Crippen molar-refractivity contribution in [1.82, 2.24) is 10.9 Å². The van der Waals surface area contributed by atoms with Crippen molar-refractivity contribution in [1.29, 1.82) is 0 Å². The van der Waals surface area contributed by atoms with E-state index in [9.17, 15) is 19.5 Å². The Balaban J connectivity index is 1.78. The van der Waals surface area contributed by atoms with Crippen LogP contribution in [0.2, 0.25) is 0 Å². The fourth-order valence-electron chi connectivity index (χ4n) is 2.84. The molecule has 1 aromatic rings. The lowest BCUT2D eigenvalue weighted by Gasteiger charge is -2.31. The van der Waals surface area contributed by atoms with Gasteiger partial charge in [0.1, 0.15) is 5.75 Å². The number of benzene rings is 1. The first kappa shape index (κ1) is 17.8. The molecule has 2 atom stereocenters. The molecule has 2 amide bonds. The molecule has 0 aromatic heterocycles. The second kappa shape index (κ2) is 8.33. The van der Waals surface area contributed by atoms with E-state index in [0.29, 0.717) is 18.6 Å². The number of carboxylic acid groups (broad SMARTS) is 1. The number of ether oxygens (including phenoxy) is 1. The van der Waals surface area contributed by atoms with Gasteiger partial charge in [-0.2, -0.15) is 0 Å². The molecule has 1 saturated carbocycles. The van der Waals surface area contributed by atoms with Crippen molar-refractivity contribution in [3.05, 3.63) is 29.8 Å². The minimum atomic E-state index is -1.22. The standard InChI is InChI=1S/C17H22N2O5/c1-11-5-4-6-12(9-11)24-10-15(20)18-19-16(21)13-7-2-3-8-14(13)17(22)23/h4-6,9,13-14H,2-3,7-8,10H2,1H3,(H,18,20)(H,19,21)(H,22,23)/p-1/t13-,14-/m0/s1. The van der Waals surface area contributed by atoms with Gasteiger partial charge in [0.25, 0.3) is 5.91 Å². The zero-order valence-corrected chi connectivity index (χ0v) is 13.5. The van der Waals surface area contributed by atoms with Gasteiger partial charge in [-0.1, -0.05) is 25.0 Å². The molecule has 1 fully saturated rings. The van der Waals surface area contributed by atoms with Crippen molar-refractivity contribution < 1.29 is 24.2 Å². The number of amides is 2. The van der Waals surface area contributed by atoms with Gasteiger partial charge in [0.2, 0.25) is 5.91 Å². The van der Waals surface area contributed by atoms with E-state index in [1.807, 2.05) is 19.1 Å². The van der Waals surface area contributed by atoms with Crippen LogP contribution in [0.1, 0.15) is 31.2 Å². The molecule has 1 aliphatic rings. The highest BCUT2D eigenvalue weighted by atomic mass is 16.5. The Bertz CT molecular complexity index is 617. The van der Waals surface area contributed by atoms with Gasteiger partial charge in [-0.15, -0.1) is 0 Å². The van der Waals surface area contributed by atoms with E-state index in [1.165, 1.54) is 0 Å². The Morgan fingerprint density at radius 1 is 1.17 bits per heavy atom. The van der Waals surface area contributed by atoms with Crippen molar-refractivity contribution in [2.45, 2.75) is 32.6 Å². The predicted molar refractivity (Wildman–Crippen MR) is 83.4 cm³/mol. The lowest BCUT2D eigenvalue weighted by Crippen LogP contribution is -2.50. The third-order valence-electron chi connectivity index (χ3n) is 4.09. The van der Waals surface area contributed by atoms with E-state index in [4.69, 9.17) is 4.74 Å². The van der Waals surface area contributed by atoms with Crippen LogP contribution in [0.3, 0.4) is 0 Å². The number of carbonyl (C=O) groups is 3. The predicted octanol–water partition coefficient (Wildman–Crippen LogP) is 0.0775. The number of hydrogen-bond acceptors (Lipinski definition) is 5. The third-order valence-corrected chi connectivity index (χ3v) is 4.09. The summed E-state index contributed by atoms with van der Waals surface area (Å²) in [5.74, 6) is -3.18. The Labute approximate surface area is 140 Å². The van der Waals surface area contributed by atoms with Gasteiger partial charge < -0.3 is 14.6 Å². The van der Waals surface area contributed by atoms with Crippen molar-refractivity contribution in [3.8, 4) is 5.75 Å². The number of carbonyl (C=O) groups excluding carboxylic acids is 3. The Morgan fingerprint density at radius 2 is 1.88 bits per heavy atom. The largest absolute Gasteiger partial charge is 0.550 e. The molecule has 7 nitrogen and oxygen atoms in total. The summed E-state index contributed by atoms with van der Waals surface area (Å²) in [7, 11) is 0. The maximum absolute atomic E-state index is 12.1. The lowest BCUT2D eigenvalue weighted by molar-refractivity contribution is -0.314. The molecule has 7 heteroatoms. The zero-order chi connectivity index (χ0) is 17.5. The van der Waals surface area contributed by atoms with Crippen LogP contribution in [-0.4, -0.2) is 24.4 Å². The van der Waals surface area contributed by atoms with Crippen LogP contribution >= 0.6 is 0 Å². The summed E-state index contributed by atoms with van der Waals surface area (Å²) < 4.78 is 5.32. The maximum Gasteiger partial charge on any atom is 0.276 e. The third kappa shape index (κ3) is 4.97. The number of hydrogen-bond donors (Lipinski definition) is 2. The van der Waals surface area contributed by atoms with E-state index < -0.39 is 29.6 Å². The van der Waals surface area contributed by atoms with Crippen molar-refractivity contribution in [2.24, 2.45) is 11.8 Å². The monoisotopic (exact) mass is 333 g/mol. The minimum Gasteiger partial charge on any atom is -0.550 e. The molecule has 0 saturated heterocycles. The van der Waals surface area contributed by atoms with Gasteiger partial charge >= 0.3 is 0 Å². The van der Waals surface area contributed by atoms with E-state index in [2.05, 4.69) is 10.9 Å². The van der Waals surface area contributed by atoms with Gasteiger partial charge in [-0.25, -0.2) is 0 Å². The van der Waals surface area contributed by atoms with Crippen LogP contribution in [0.4, 0.5) is 0 Å². The molecule has 2 rings (SSSR count). The molecular weight excluding hydrogens is 312 g/mol. The van der Waals surface area contributed by atoms with Gasteiger partial charge in [0.15, 0.2) is 6.61 Å². The molecule has 0 unspecified atom stereocenters. The smallest absolute Gasteiger partial charge is 0.276 e. The van der Waals surface area contributed by atoms with Crippen LogP contribution in [0.25, 0.3) is 0 Å². The maximum atomic E-state index is 12.1. The summed E-state index contributed by atoms with van der Waals surface area (Å²) in [5.41, 5.74) is 5.53. The fraction of sp³-hybridized carbons (Fsp3) is 0.471. The molecule has 2 N–H and O–H groups in total. The van der Waals surface area contributed by atoms with Crippen LogP contribution in [0, 0.1) is 18.8 Å². The SMILES string of the molecule is Cc1cccc(OCC(=O)NNC(=O)[C@H]2CCCC[C@@H]2C(=O)[O-])c1. The van der Waals surface area contributed by atoms with Crippen molar-refractivity contribution in [3.63, 3.8) is 0 Å². The average Bonchev–Trinajstić information content (AvgIpc) is 2.58. The first-order chi connectivity index (χ1) is 11.5. The normalized spacial score (nSPS) is 20.0. The number of hydrazine groups is 1. The van der Waals surface area contributed by atoms with Gasteiger partial charge in [-0.3, -0.25) is 20.4 Å². The first-order valence-corrected chi connectivity index (χ1v) is 7.96. The second-order valence-electron chi connectivity index (χ2n) is 5.96. The molecule has 1 aromatic carbocycles. The highest BCUT2D eigenvalue weighted by Gasteiger charge is 2.31. The van der Waals surface area contributed by atoms with Crippen LogP contribution in [0.5, 0.6) is 5.75 Å². The Kier molecular flexibility index (Phi) is 6.17. The molecule has 0 heterocycles. The van der Waals surface area contributed by atoms with Crippen LogP contribution < -0.4 is 20.7 Å². The summed E-state index contributed by atoms with van der Waals surface area (Å²) in [6, 6.07) is 7.24. The van der Waals surface area contributed by atoms with Gasteiger partial charge in [0, 0.05) is 17.8 Å². The topological polar surface area (TPSA) is 108 Å². The summed E-state index contributed by atoms with van der Waals surface area (Å²) in [6.07, 6.45) is 2.44. The van der Waals surface area contributed by atoms with Crippen molar-refractivity contribution in [2.75, 3.05) is 6.61 Å². The van der Waals surface area contributed by atoms with Gasteiger partial charge in [-0.05, 0) is 37.5 Å². The molecule has 0 spiro atoms. The summed E-state index contributed by atoms with van der Waals surface area (Å²) in [5, 5.41) is 11.1.